The molecule has 3 heteroatoms. The third kappa shape index (κ3) is 2.36. The molecule has 0 N–H and O–H groups in total. The highest BCUT2D eigenvalue weighted by atomic mass is 35.5. The topological polar surface area (TPSA) is 20.3 Å². The van der Waals surface area contributed by atoms with E-state index in [1.165, 1.54) is 0 Å². The van der Waals surface area contributed by atoms with Crippen LogP contribution in [0.5, 0.6) is 0 Å². The van der Waals surface area contributed by atoms with E-state index in [9.17, 15) is 4.79 Å². The summed E-state index contributed by atoms with van der Waals surface area (Å²) in [6, 6.07) is 5.23. The van der Waals surface area contributed by atoms with Crippen molar-refractivity contribution in [2.24, 2.45) is 0 Å². The molecule has 0 spiro atoms. The molecule has 0 aliphatic carbocycles. The molecule has 0 aromatic heterocycles. The van der Waals surface area contributed by atoms with E-state index in [1.807, 2.05) is 18.0 Å². The van der Waals surface area contributed by atoms with Crippen LogP contribution in [0.15, 0.2) is 30.9 Å². The number of likely N-dealkylation sites (N-methyl/N-ethyl adjacent to an activating group) is 1. The first kappa shape index (κ1) is 10.8. The fourth-order valence-corrected chi connectivity index (χ4v) is 1.53. The molecule has 1 aromatic rings. The highest BCUT2D eigenvalue weighted by Gasteiger charge is 2.04. The Bertz CT molecular complexity index is 349. The second kappa shape index (κ2) is 4.82. The molecule has 0 aliphatic rings. The number of nitrogens with zero attached hydrogens (tertiary/aromatic N) is 1. The summed E-state index contributed by atoms with van der Waals surface area (Å²) in [5, 5.41) is 0.582. The quantitative estimate of drug-likeness (QED) is 0.562. The van der Waals surface area contributed by atoms with Crippen molar-refractivity contribution in [3.63, 3.8) is 0 Å². The van der Waals surface area contributed by atoms with E-state index in [0.29, 0.717) is 10.6 Å². The van der Waals surface area contributed by atoms with Crippen LogP contribution >= 0.6 is 11.6 Å². The van der Waals surface area contributed by atoms with Crippen molar-refractivity contribution in [1.82, 2.24) is 0 Å². The van der Waals surface area contributed by atoms with Crippen molar-refractivity contribution in [3.05, 3.63) is 41.4 Å². The van der Waals surface area contributed by atoms with Crippen molar-refractivity contribution >= 4 is 23.6 Å². The number of rotatable bonds is 4. The van der Waals surface area contributed by atoms with E-state index in [4.69, 9.17) is 11.6 Å². The Hall–Kier alpha value is -1.28. The van der Waals surface area contributed by atoms with Gasteiger partial charge in [-0.1, -0.05) is 17.7 Å². The summed E-state index contributed by atoms with van der Waals surface area (Å²) in [6.07, 6.45) is 2.58. The molecule has 14 heavy (non-hydrogen) atoms. The van der Waals surface area contributed by atoms with Gasteiger partial charge in [0.2, 0.25) is 0 Å². The van der Waals surface area contributed by atoms with Gasteiger partial charge in [0, 0.05) is 19.2 Å². The van der Waals surface area contributed by atoms with E-state index in [-0.39, 0.29) is 0 Å². The van der Waals surface area contributed by atoms with Crippen molar-refractivity contribution < 1.29 is 4.79 Å². The molecule has 0 bridgehead atoms. The highest BCUT2D eigenvalue weighted by Crippen LogP contribution is 2.25. The van der Waals surface area contributed by atoms with Gasteiger partial charge >= 0.3 is 0 Å². The van der Waals surface area contributed by atoms with Crippen LogP contribution in [0, 0.1) is 0 Å². The minimum absolute atomic E-state index is 0.582. The molecule has 0 aliphatic heterocycles. The van der Waals surface area contributed by atoms with Gasteiger partial charge in [0.15, 0.2) is 0 Å². The molecule has 0 atom stereocenters. The van der Waals surface area contributed by atoms with Gasteiger partial charge in [-0.15, -0.1) is 6.58 Å². The summed E-state index contributed by atoms with van der Waals surface area (Å²) >= 11 is 6.00. The van der Waals surface area contributed by atoms with Crippen molar-refractivity contribution in [2.45, 2.75) is 0 Å². The largest absolute Gasteiger partial charge is 0.370 e. The molecular weight excluding hydrogens is 198 g/mol. The average molecular weight is 210 g/mol. The Balaban J connectivity index is 2.98. The van der Waals surface area contributed by atoms with Crippen LogP contribution in [0.25, 0.3) is 0 Å². The molecule has 0 amide bonds. The van der Waals surface area contributed by atoms with Gasteiger partial charge in [0.1, 0.15) is 6.29 Å². The van der Waals surface area contributed by atoms with Crippen molar-refractivity contribution in [2.75, 3.05) is 18.5 Å². The van der Waals surface area contributed by atoms with Gasteiger partial charge in [0.25, 0.3) is 0 Å². The van der Waals surface area contributed by atoms with E-state index < -0.39 is 0 Å². The molecule has 1 rings (SSSR count). The summed E-state index contributed by atoms with van der Waals surface area (Å²) in [5.41, 5.74) is 1.49. The predicted octanol–water partition coefficient (Wildman–Crippen LogP) is 2.77. The third-order valence-corrected chi connectivity index (χ3v) is 2.22. The molecule has 1 aromatic carbocycles. The summed E-state index contributed by atoms with van der Waals surface area (Å²) in [4.78, 5) is 12.4. The number of hydrogen-bond donors (Lipinski definition) is 0. The number of halogens is 1. The van der Waals surface area contributed by atoms with Gasteiger partial charge in [-0.3, -0.25) is 4.79 Å². The minimum Gasteiger partial charge on any atom is -0.370 e. The van der Waals surface area contributed by atoms with Gasteiger partial charge in [-0.05, 0) is 18.2 Å². The molecular formula is C11H12ClNO. The van der Waals surface area contributed by atoms with E-state index in [1.54, 1.807) is 18.2 Å². The molecule has 0 unspecified atom stereocenters. The van der Waals surface area contributed by atoms with Gasteiger partial charge in [-0.25, -0.2) is 0 Å². The van der Waals surface area contributed by atoms with Crippen LogP contribution in [-0.4, -0.2) is 19.9 Å². The maximum absolute atomic E-state index is 10.5. The molecule has 0 saturated heterocycles. The number of carbonyl (C=O) groups excluding carboxylic acids is 1. The second-order valence-corrected chi connectivity index (χ2v) is 3.41. The zero-order valence-electron chi connectivity index (χ0n) is 8.03. The lowest BCUT2D eigenvalue weighted by molar-refractivity contribution is 0.112. The lowest BCUT2D eigenvalue weighted by atomic mass is 10.2. The number of carbonyl (C=O) groups is 1. The zero-order chi connectivity index (χ0) is 10.6. The highest BCUT2D eigenvalue weighted by molar-refractivity contribution is 6.33. The SMILES string of the molecule is C=CCN(C)c1ccc(C=O)cc1Cl. The van der Waals surface area contributed by atoms with Gasteiger partial charge < -0.3 is 4.90 Å². The lowest BCUT2D eigenvalue weighted by Gasteiger charge is -2.18. The number of anilines is 1. The zero-order valence-corrected chi connectivity index (χ0v) is 8.79. The van der Waals surface area contributed by atoms with Crippen LogP contribution in [0.1, 0.15) is 10.4 Å². The second-order valence-electron chi connectivity index (χ2n) is 3.00. The molecule has 2 nitrogen and oxygen atoms in total. The predicted molar refractivity (Wildman–Crippen MR) is 60.3 cm³/mol. The fourth-order valence-electron chi connectivity index (χ4n) is 1.20. The first-order valence-corrected chi connectivity index (χ1v) is 4.63. The molecule has 0 saturated carbocycles. The summed E-state index contributed by atoms with van der Waals surface area (Å²) in [5.74, 6) is 0. The van der Waals surface area contributed by atoms with Crippen molar-refractivity contribution in [1.29, 1.82) is 0 Å². The van der Waals surface area contributed by atoms with Crippen LogP contribution < -0.4 is 4.90 Å². The maximum atomic E-state index is 10.5. The standard InChI is InChI=1S/C11H12ClNO/c1-3-6-13(2)11-5-4-9(8-14)7-10(11)12/h3-5,7-8H,1,6H2,2H3. The Kier molecular flexibility index (Phi) is 3.72. The van der Waals surface area contributed by atoms with Crippen LogP contribution in [-0.2, 0) is 0 Å². The number of aldehydes is 1. The summed E-state index contributed by atoms with van der Waals surface area (Å²) in [6.45, 7) is 4.37. The molecule has 0 radical (unpaired) electrons. The number of hydrogen-bond acceptors (Lipinski definition) is 2. The van der Waals surface area contributed by atoms with Gasteiger partial charge in [-0.2, -0.15) is 0 Å². The Morgan fingerprint density at radius 1 is 1.57 bits per heavy atom. The first-order valence-electron chi connectivity index (χ1n) is 4.25. The summed E-state index contributed by atoms with van der Waals surface area (Å²) < 4.78 is 0. The Labute approximate surface area is 88.8 Å². The van der Waals surface area contributed by atoms with Crippen LogP contribution in [0.2, 0.25) is 5.02 Å². The normalized spacial score (nSPS) is 9.57. The third-order valence-electron chi connectivity index (χ3n) is 1.92. The summed E-state index contributed by atoms with van der Waals surface area (Å²) in [7, 11) is 1.92. The molecule has 74 valence electrons. The van der Waals surface area contributed by atoms with E-state index >= 15 is 0 Å². The Morgan fingerprint density at radius 2 is 2.29 bits per heavy atom. The molecule has 0 fully saturated rings. The smallest absolute Gasteiger partial charge is 0.150 e. The van der Waals surface area contributed by atoms with E-state index in [2.05, 4.69) is 6.58 Å². The molecule has 0 heterocycles. The van der Waals surface area contributed by atoms with Crippen molar-refractivity contribution in [3.8, 4) is 0 Å². The van der Waals surface area contributed by atoms with E-state index in [0.717, 1.165) is 18.5 Å². The van der Waals surface area contributed by atoms with Crippen LogP contribution in [0.3, 0.4) is 0 Å². The van der Waals surface area contributed by atoms with Crippen LogP contribution in [0.4, 0.5) is 5.69 Å². The minimum atomic E-state index is 0.582. The van der Waals surface area contributed by atoms with Gasteiger partial charge in [0.05, 0.1) is 10.7 Å². The Morgan fingerprint density at radius 3 is 2.79 bits per heavy atom. The lowest BCUT2D eigenvalue weighted by Crippen LogP contribution is -2.16. The maximum Gasteiger partial charge on any atom is 0.150 e. The average Bonchev–Trinajstić information content (AvgIpc) is 2.17. The first-order chi connectivity index (χ1) is 6.69. The monoisotopic (exact) mass is 209 g/mol. The number of benzene rings is 1. The fraction of sp³-hybridized carbons (Fsp3) is 0.182.